The number of anilines is 1. The summed E-state index contributed by atoms with van der Waals surface area (Å²) in [7, 11) is 0. The van der Waals surface area contributed by atoms with Gasteiger partial charge in [0.25, 0.3) is 5.91 Å². The SMILES string of the molecule is Cc1cc(COCC(=O)N2CCOc3c(Cl)cccc32)no1. The fourth-order valence-corrected chi connectivity index (χ4v) is 2.50. The number of nitrogens with zero attached hydrogens (tertiary/aromatic N) is 2. The highest BCUT2D eigenvalue weighted by Gasteiger charge is 2.25. The molecule has 1 aliphatic rings. The average molecular weight is 323 g/mol. The monoisotopic (exact) mass is 322 g/mol. The predicted octanol–water partition coefficient (Wildman–Crippen LogP) is 2.58. The van der Waals surface area contributed by atoms with E-state index in [1.807, 2.05) is 0 Å². The molecule has 0 N–H and O–H groups in total. The Bertz CT molecular complexity index is 686. The van der Waals surface area contributed by atoms with Crippen molar-refractivity contribution in [2.75, 3.05) is 24.7 Å². The Balaban J connectivity index is 1.63. The summed E-state index contributed by atoms with van der Waals surface area (Å²) >= 11 is 6.09. The van der Waals surface area contributed by atoms with E-state index < -0.39 is 0 Å². The molecular formula is C15H15ClN2O4. The van der Waals surface area contributed by atoms with Crippen LogP contribution in [0.2, 0.25) is 5.02 Å². The van der Waals surface area contributed by atoms with Crippen molar-refractivity contribution in [3.05, 3.63) is 40.7 Å². The molecule has 0 saturated heterocycles. The van der Waals surface area contributed by atoms with Crippen LogP contribution in [0.25, 0.3) is 0 Å². The third-order valence-electron chi connectivity index (χ3n) is 3.25. The van der Waals surface area contributed by atoms with Crippen LogP contribution < -0.4 is 9.64 Å². The number of hydrogen-bond acceptors (Lipinski definition) is 5. The molecular weight excluding hydrogens is 308 g/mol. The van der Waals surface area contributed by atoms with Crippen molar-refractivity contribution < 1.29 is 18.8 Å². The summed E-state index contributed by atoms with van der Waals surface area (Å²) in [6, 6.07) is 7.10. The Hall–Kier alpha value is -2.05. The summed E-state index contributed by atoms with van der Waals surface area (Å²) in [6.07, 6.45) is 0. The van der Waals surface area contributed by atoms with Crippen LogP contribution in [0.3, 0.4) is 0 Å². The molecule has 6 nitrogen and oxygen atoms in total. The maximum absolute atomic E-state index is 12.3. The molecule has 0 radical (unpaired) electrons. The van der Waals surface area contributed by atoms with Gasteiger partial charge in [-0.05, 0) is 19.1 Å². The van der Waals surface area contributed by atoms with E-state index in [1.165, 1.54) is 0 Å². The first-order chi connectivity index (χ1) is 10.6. The van der Waals surface area contributed by atoms with Crippen LogP contribution in [0.5, 0.6) is 5.75 Å². The van der Waals surface area contributed by atoms with Crippen LogP contribution in [0.4, 0.5) is 5.69 Å². The molecule has 2 heterocycles. The van der Waals surface area contributed by atoms with Gasteiger partial charge in [-0.3, -0.25) is 4.79 Å². The largest absolute Gasteiger partial charge is 0.488 e. The molecule has 1 aromatic carbocycles. The van der Waals surface area contributed by atoms with E-state index in [0.717, 1.165) is 0 Å². The first kappa shape index (κ1) is 14.9. The summed E-state index contributed by atoms with van der Waals surface area (Å²) in [4.78, 5) is 13.9. The summed E-state index contributed by atoms with van der Waals surface area (Å²) in [5.41, 5.74) is 1.33. The zero-order valence-corrected chi connectivity index (χ0v) is 12.8. The molecule has 0 spiro atoms. The van der Waals surface area contributed by atoms with Gasteiger partial charge in [0.1, 0.15) is 24.7 Å². The number of rotatable bonds is 4. The number of amides is 1. The molecule has 22 heavy (non-hydrogen) atoms. The summed E-state index contributed by atoms with van der Waals surface area (Å²) in [6.45, 7) is 2.87. The van der Waals surface area contributed by atoms with Crippen molar-refractivity contribution >= 4 is 23.2 Å². The number of halogens is 1. The fourth-order valence-electron chi connectivity index (χ4n) is 2.28. The van der Waals surface area contributed by atoms with Crippen molar-refractivity contribution in [2.24, 2.45) is 0 Å². The highest BCUT2D eigenvalue weighted by molar-refractivity contribution is 6.32. The highest BCUT2D eigenvalue weighted by atomic mass is 35.5. The molecule has 0 aliphatic carbocycles. The van der Waals surface area contributed by atoms with Gasteiger partial charge in [0.05, 0.1) is 23.9 Å². The van der Waals surface area contributed by atoms with Crippen LogP contribution in [-0.4, -0.2) is 30.8 Å². The standard InChI is InChI=1S/C15H15ClN2O4/c1-10-7-11(17-22-10)8-20-9-14(19)18-5-6-21-15-12(16)3-2-4-13(15)18/h2-4,7H,5-6,8-9H2,1H3. The van der Waals surface area contributed by atoms with Gasteiger partial charge in [-0.15, -0.1) is 0 Å². The van der Waals surface area contributed by atoms with E-state index in [9.17, 15) is 4.79 Å². The van der Waals surface area contributed by atoms with Crippen LogP contribution in [0.1, 0.15) is 11.5 Å². The quantitative estimate of drug-likeness (QED) is 0.865. The van der Waals surface area contributed by atoms with Gasteiger partial charge in [-0.25, -0.2) is 0 Å². The van der Waals surface area contributed by atoms with E-state index >= 15 is 0 Å². The number of benzene rings is 1. The molecule has 1 aliphatic heterocycles. The van der Waals surface area contributed by atoms with Crippen LogP contribution >= 0.6 is 11.6 Å². The minimum Gasteiger partial charge on any atom is -0.488 e. The van der Waals surface area contributed by atoms with E-state index in [2.05, 4.69) is 5.16 Å². The molecule has 0 saturated carbocycles. The van der Waals surface area contributed by atoms with E-state index in [1.54, 1.807) is 36.1 Å². The van der Waals surface area contributed by atoms with Crippen LogP contribution in [-0.2, 0) is 16.1 Å². The number of ether oxygens (including phenoxy) is 2. The van der Waals surface area contributed by atoms with Crippen LogP contribution in [0, 0.1) is 6.92 Å². The second-order valence-electron chi connectivity index (χ2n) is 4.90. The number of para-hydroxylation sites is 1. The van der Waals surface area contributed by atoms with Gasteiger partial charge >= 0.3 is 0 Å². The second-order valence-corrected chi connectivity index (χ2v) is 5.31. The van der Waals surface area contributed by atoms with E-state index in [4.69, 9.17) is 25.6 Å². The zero-order chi connectivity index (χ0) is 15.5. The van der Waals surface area contributed by atoms with Crippen molar-refractivity contribution in [3.63, 3.8) is 0 Å². The van der Waals surface area contributed by atoms with Gasteiger partial charge in [-0.1, -0.05) is 22.8 Å². The Morgan fingerprint density at radius 2 is 2.36 bits per heavy atom. The van der Waals surface area contributed by atoms with E-state index in [0.29, 0.717) is 41.1 Å². The predicted molar refractivity (Wildman–Crippen MR) is 80.2 cm³/mol. The van der Waals surface area contributed by atoms with Crippen LogP contribution in [0.15, 0.2) is 28.8 Å². The smallest absolute Gasteiger partial charge is 0.253 e. The minimum absolute atomic E-state index is 0.0438. The maximum Gasteiger partial charge on any atom is 0.253 e. The van der Waals surface area contributed by atoms with E-state index in [-0.39, 0.29) is 19.1 Å². The third-order valence-corrected chi connectivity index (χ3v) is 3.55. The molecule has 2 aromatic rings. The Morgan fingerprint density at radius 1 is 1.50 bits per heavy atom. The molecule has 0 fully saturated rings. The number of carbonyl (C=O) groups excluding carboxylic acids is 1. The topological polar surface area (TPSA) is 64.8 Å². The summed E-state index contributed by atoms with van der Waals surface area (Å²) < 4.78 is 15.9. The number of fused-ring (bicyclic) bond motifs is 1. The second kappa shape index (κ2) is 6.37. The lowest BCUT2D eigenvalue weighted by Crippen LogP contribution is -2.40. The van der Waals surface area contributed by atoms with Crippen molar-refractivity contribution in [3.8, 4) is 5.75 Å². The number of carbonyl (C=O) groups is 1. The number of hydrogen-bond donors (Lipinski definition) is 0. The average Bonchev–Trinajstić information content (AvgIpc) is 2.92. The maximum atomic E-state index is 12.3. The first-order valence-electron chi connectivity index (χ1n) is 6.87. The number of aryl methyl sites for hydroxylation is 1. The van der Waals surface area contributed by atoms with Gasteiger partial charge in [0.15, 0.2) is 5.75 Å². The van der Waals surface area contributed by atoms with Gasteiger partial charge in [-0.2, -0.15) is 0 Å². The molecule has 1 amide bonds. The summed E-state index contributed by atoms with van der Waals surface area (Å²) in [5, 5.41) is 4.30. The minimum atomic E-state index is -0.146. The van der Waals surface area contributed by atoms with Gasteiger partial charge in [0, 0.05) is 6.07 Å². The van der Waals surface area contributed by atoms with Crippen molar-refractivity contribution in [1.82, 2.24) is 5.16 Å². The lowest BCUT2D eigenvalue weighted by atomic mass is 10.2. The Labute approximate surface area is 132 Å². The summed E-state index contributed by atoms with van der Waals surface area (Å²) in [5.74, 6) is 1.10. The van der Waals surface area contributed by atoms with Gasteiger partial charge < -0.3 is 18.9 Å². The first-order valence-corrected chi connectivity index (χ1v) is 7.24. The molecule has 1 aromatic heterocycles. The lowest BCUT2D eigenvalue weighted by molar-refractivity contribution is -0.123. The molecule has 0 bridgehead atoms. The molecule has 3 rings (SSSR count). The molecule has 0 unspecified atom stereocenters. The molecule has 7 heteroatoms. The number of aromatic nitrogens is 1. The highest BCUT2D eigenvalue weighted by Crippen LogP contribution is 2.37. The van der Waals surface area contributed by atoms with Crippen molar-refractivity contribution in [1.29, 1.82) is 0 Å². The van der Waals surface area contributed by atoms with Gasteiger partial charge in [0.2, 0.25) is 0 Å². The zero-order valence-electron chi connectivity index (χ0n) is 12.0. The fraction of sp³-hybridized carbons (Fsp3) is 0.333. The normalized spacial score (nSPS) is 13.6. The third kappa shape index (κ3) is 3.08. The molecule has 116 valence electrons. The Morgan fingerprint density at radius 3 is 3.14 bits per heavy atom. The van der Waals surface area contributed by atoms with Crippen molar-refractivity contribution in [2.45, 2.75) is 13.5 Å². The Kier molecular flexibility index (Phi) is 4.31. The molecule has 0 atom stereocenters. The lowest BCUT2D eigenvalue weighted by Gasteiger charge is -2.29.